The molecule has 1 saturated carbocycles. The van der Waals surface area contributed by atoms with Gasteiger partial charge >= 0.3 is 6.18 Å². The first-order valence-electron chi connectivity index (χ1n) is 8.87. The summed E-state index contributed by atoms with van der Waals surface area (Å²) in [6.07, 6.45) is -2.52. The Morgan fingerprint density at radius 1 is 1.00 bits per heavy atom. The predicted octanol–water partition coefficient (Wildman–Crippen LogP) is 2.71. The summed E-state index contributed by atoms with van der Waals surface area (Å²) >= 11 is 0. The van der Waals surface area contributed by atoms with Crippen LogP contribution in [0.2, 0.25) is 0 Å². The number of hydrogen-bond acceptors (Lipinski definition) is 7. The lowest BCUT2D eigenvalue weighted by molar-refractivity contribution is -0.137. The molecule has 0 radical (unpaired) electrons. The summed E-state index contributed by atoms with van der Waals surface area (Å²) in [4.78, 5) is 4.06. The van der Waals surface area contributed by atoms with Crippen LogP contribution in [-0.2, 0) is 6.18 Å². The summed E-state index contributed by atoms with van der Waals surface area (Å²) in [5, 5.41) is 42.0. The number of aromatic nitrogens is 3. The number of rotatable bonds is 3. The van der Waals surface area contributed by atoms with Crippen molar-refractivity contribution in [3.05, 3.63) is 42.2 Å². The summed E-state index contributed by atoms with van der Waals surface area (Å²) in [6.45, 7) is 0. The summed E-state index contributed by atoms with van der Waals surface area (Å²) < 4.78 is 38.6. The monoisotopic (exact) mass is 406 g/mol. The molecular weight excluding hydrogens is 389 g/mol. The van der Waals surface area contributed by atoms with Crippen LogP contribution in [0.1, 0.15) is 18.4 Å². The highest BCUT2D eigenvalue weighted by Crippen LogP contribution is 2.38. The number of anilines is 1. The number of phenols is 1. The molecule has 152 valence electrons. The van der Waals surface area contributed by atoms with Crippen molar-refractivity contribution in [2.24, 2.45) is 0 Å². The Morgan fingerprint density at radius 2 is 1.72 bits per heavy atom. The zero-order chi connectivity index (χ0) is 20.8. The Hall–Kier alpha value is -2.98. The molecule has 0 saturated heterocycles. The molecule has 1 unspecified atom stereocenters. The minimum absolute atomic E-state index is 0.111. The van der Waals surface area contributed by atoms with Crippen LogP contribution in [0.15, 0.2) is 36.7 Å². The second-order valence-corrected chi connectivity index (χ2v) is 7.00. The van der Waals surface area contributed by atoms with Gasteiger partial charge in [0.2, 0.25) is 0 Å². The lowest BCUT2D eigenvalue weighted by Gasteiger charge is -2.16. The zero-order valence-corrected chi connectivity index (χ0v) is 14.9. The summed E-state index contributed by atoms with van der Waals surface area (Å²) in [5.74, 6) is -0.190. The van der Waals surface area contributed by atoms with Crippen LogP contribution in [0.5, 0.6) is 5.75 Å². The van der Waals surface area contributed by atoms with Crippen molar-refractivity contribution >= 4 is 16.6 Å². The number of pyridine rings is 1. The van der Waals surface area contributed by atoms with Crippen LogP contribution in [0, 0.1) is 0 Å². The molecule has 1 aliphatic carbocycles. The number of fused-ring (bicyclic) bond motifs is 1. The normalized spacial score (nSPS) is 22.2. The largest absolute Gasteiger partial charge is 0.507 e. The van der Waals surface area contributed by atoms with Gasteiger partial charge in [-0.2, -0.15) is 13.2 Å². The van der Waals surface area contributed by atoms with E-state index in [-0.39, 0.29) is 17.3 Å². The summed E-state index contributed by atoms with van der Waals surface area (Å²) in [6, 6.07) is 4.08. The topological polar surface area (TPSA) is 111 Å². The Bertz CT molecular complexity index is 1050. The quantitative estimate of drug-likeness (QED) is 0.529. The van der Waals surface area contributed by atoms with E-state index in [1.54, 1.807) is 6.07 Å². The second-order valence-electron chi connectivity index (χ2n) is 7.00. The first-order chi connectivity index (χ1) is 13.7. The molecule has 0 spiro atoms. The number of benzene rings is 1. The molecule has 4 N–H and O–H groups in total. The average molecular weight is 406 g/mol. The number of phenolic OH excluding ortho intramolecular Hbond substituents is 1. The third-order valence-corrected chi connectivity index (χ3v) is 5.00. The zero-order valence-electron chi connectivity index (χ0n) is 14.9. The minimum Gasteiger partial charge on any atom is -0.507 e. The fourth-order valence-electron chi connectivity index (χ4n) is 3.52. The molecule has 0 amide bonds. The number of nitrogens with zero attached hydrogens (tertiary/aromatic N) is 3. The van der Waals surface area contributed by atoms with Crippen LogP contribution >= 0.6 is 0 Å². The molecular formula is C19H17F3N4O3. The molecule has 1 aliphatic rings. The van der Waals surface area contributed by atoms with Gasteiger partial charge < -0.3 is 20.6 Å². The van der Waals surface area contributed by atoms with Crippen molar-refractivity contribution in [1.82, 2.24) is 15.2 Å². The van der Waals surface area contributed by atoms with E-state index >= 15 is 0 Å². The van der Waals surface area contributed by atoms with Crippen LogP contribution in [-0.4, -0.2) is 48.8 Å². The lowest BCUT2D eigenvalue weighted by atomic mass is 10.0. The number of nitrogens with one attached hydrogen (secondary N) is 1. The first-order valence-corrected chi connectivity index (χ1v) is 8.87. The molecule has 2 heterocycles. The van der Waals surface area contributed by atoms with E-state index in [0.717, 1.165) is 12.1 Å². The smallest absolute Gasteiger partial charge is 0.416 e. The van der Waals surface area contributed by atoms with Gasteiger partial charge in [0, 0.05) is 34.8 Å². The van der Waals surface area contributed by atoms with E-state index in [1.807, 2.05) is 0 Å². The molecule has 2 aromatic heterocycles. The third-order valence-electron chi connectivity index (χ3n) is 5.00. The molecule has 29 heavy (non-hydrogen) atoms. The minimum atomic E-state index is -4.57. The van der Waals surface area contributed by atoms with Gasteiger partial charge in [-0.15, -0.1) is 10.2 Å². The number of alkyl halides is 3. The van der Waals surface area contributed by atoms with Crippen molar-refractivity contribution in [3.8, 4) is 17.0 Å². The van der Waals surface area contributed by atoms with E-state index in [4.69, 9.17) is 0 Å². The Labute approximate surface area is 162 Å². The van der Waals surface area contributed by atoms with E-state index < -0.39 is 29.7 Å². The van der Waals surface area contributed by atoms with Gasteiger partial charge in [-0.25, -0.2) is 0 Å². The van der Waals surface area contributed by atoms with Gasteiger partial charge in [-0.05, 0) is 37.1 Å². The fraction of sp³-hybridized carbons (Fsp3) is 0.316. The third kappa shape index (κ3) is 3.68. The molecule has 1 aromatic carbocycles. The van der Waals surface area contributed by atoms with Crippen LogP contribution in [0.3, 0.4) is 0 Å². The van der Waals surface area contributed by atoms with Crippen molar-refractivity contribution in [2.45, 2.75) is 37.3 Å². The average Bonchev–Trinajstić information content (AvgIpc) is 2.99. The van der Waals surface area contributed by atoms with Crippen LogP contribution < -0.4 is 5.32 Å². The molecule has 1 fully saturated rings. The molecule has 0 aliphatic heterocycles. The molecule has 10 heteroatoms. The van der Waals surface area contributed by atoms with Crippen molar-refractivity contribution < 1.29 is 28.5 Å². The van der Waals surface area contributed by atoms with E-state index in [9.17, 15) is 28.5 Å². The number of aliphatic hydroxyl groups excluding tert-OH is 2. The summed E-state index contributed by atoms with van der Waals surface area (Å²) in [7, 11) is 0. The molecule has 7 nitrogen and oxygen atoms in total. The van der Waals surface area contributed by atoms with Gasteiger partial charge in [0.1, 0.15) is 11.4 Å². The van der Waals surface area contributed by atoms with Crippen LogP contribution in [0.4, 0.5) is 19.0 Å². The maximum atomic E-state index is 12.9. The van der Waals surface area contributed by atoms with E-state index in [1.165, 1.54) is 12.4 Å². The lowest BCUT2D eigenvalue weighted by Crippen LogP contribution is -2.18. The second kappa shape index (κ2) is 7.12. The number of aromatic hydroxyl groups is 1. The van der Waals surface area contributed by atoms with Gasteiger partial charge in [-0.3, -0.25) is 4.98 Å². The maximum Gasteiger partial charge on any atom is 0.416 e. The van der Waals surface area contributed by atoms with E-state index in [2.05, 4.69) is 20.5 Å². The van der Waals surface area contributed by atoms with E-state index in [0.29, 0.717) is 35.5 Å². The highest BCUT2D eigenvalue weighted by Gasteiger charge is 2.33. The highest BCUT2D eigenvalue weighted by atomic mass is 19.4. The standard InChI is InChI=1S/C19H17F3N4O3/c20-19(21,22)9-1-2-12(14(27)5-9)17-11-3-4-23-8-13(11)18(26-25-17)24-10-6-15(28)16(29)7-10/h1-5,8,10,15-16,27-29H,6-7H2,(H,24,26)/t10?,15-,16+. The maximum absolute atomic E-state index is 12.9. The summed E-state index contributed by atoms with van der Waals surface area (Å²) in [5.41, 5.74) is -0.639. The number of hydrogen-bond donors (Lipinski definition) is 4. The molecule has 3 atom stereocenters. The fourth-order valence-corrected chi connectivity index (χ4v) is 3.52. The highest BCUT2D eigenvalue weighted by molar-refractivity contribution is 6.00. The van der Waals surface area contributed by atoms with Crippen molar-refractivity contribution in [2.75, 3.05) is 5.32 Å². The Kier molecular flexibility index (Phi) is 4.75. The Balaban J connectivity index is 1.74. The first kappa shape index (κ1) is 19.3. The Morgan fingerprint density at radius 3 is 2.38 bits per heavy atom. The molecule has 3 aromatic rings. The van der Waals surface area contributed by atoms with Gasteiger partial charge in [0.05, 0.1) is 17.8 Å². The molecule has 4 rings (SSSR count). The van der Waals surface area contributed by atoms with Crippen molar-refractivity contribution in [1.29, 1.82) is 0 Å². The van der Waals surface area contributed by atoms with Gasteiger partial charge in [-0.1, -0.05) is 0 Å². The van der Waals surface area contributed by atoms with Gasteiger partial charge in [0.15, 0.2) is 5.82 Å². The van der Waals surface area contributed by atoms with Gasteiger partial charge in [0.25, 0.3) is 0 Å². The van der Waals surface area contributed by atoms with Crippen LogP contribution in [0.25, 0.3) is 22.0 Å². The molecule has 0 bridgehead atoms. The predicted molar refractivity (Wildman–Crippen MR) is 98.1 cm³/mol. The SMILES string of the molecule is Oc1cc(C(F)(F)F)ccc1-c1nnc(NC2C[C@@H](O)[C@@H](O)C2)c2cnccc12. The van der Waals surface area contributed by atoms with Crippen molar-refractivity contribution in [3.63, 3.8) is 0 Å². The number of halogens is 3. The number of aliphatic hydroxyl groups is 2.